The van der Waals surface area contributed by atoms with Gasteiger partial charge in [-0.3, -0.25) is 0 Å². The molecule has 3 aliphatic rings. The third-order valence-electron chi connectivity index (χ3n) is 7.30. The Balaban J connectivity index is 1.29. The SMILES string of the molecule is CC(C)C1CC(OC2CCC(CC3CCN(C(C)C)CC3)CC2)C1. The molecule has 2 heteroatoms. The van der Waals surface area contributed by atoms with Gasteiger partial charge in [0.2, 0.25) is 0 Å². The van der Waals surface area contributed by atoms with E-state index in [1.54, 1.807) is 0 Å². The monoisotopic (exact) mass is 335 g/mol. The summed E-state index contributed by atoms with van der Waals surface area (Å²) in [5.41, 5.74) is 0. The Bertz CT molecular complexity index is 358. The Morgan fingerprint density at radius 2 is 1.38 bits per heavy atom. The molecule has 3 fully saturated rings. The number of ether oxygens (including phenoxy) is 1. The van der Waals surface area contributed by atoms with Crippen LogP contribution in [-0.4, -0.2) is 36.2 Å². The summed E-state index contributed by atoms with van der Waals surface area (Å²) in [6.07, 6.45) is 13.7. The van der Waals surface area contributed by atoms with E-state index in [4.69, 9.17) is 4.74 Å². The van der Waals surface area contributed by atoms with Crippen LogP contribution in [0.5, 0.6) is 0 Å². The average Bonchev–Trinajstić information content (AvgIpc) is 2.52. The fourth-order valence-electron chi connectivity index (χ4n) is 5.21. The maximum absolute atomic E-state index is 6.38. The number of hydrogen-bond acceptors (Lipinski definition) is 2. The molecule has 2 aliphatic carbocycles. The maximum Gasteiger partial charge on any atom is 0.0584 e. The van der Waals surface area contributed by atoms with Crippen LogP contribution in [0.4, 0.5) is 0 Å². The topological polar surface area (TPSA) is 12.5 Å². The number of rotatable bonds is 6. The van der Waals surface area contributed by atoms with Crippen molar-refractivity contribution in [1.29, 1.82) is 0 Å². The van der Waals surface area contributed by atoms with Gasteiger partial charge in [-0.25, -0.2) is 0 Å². The predicted molar refractivity (Wildman–Crippen MR) is 102 cm³/mol. The van der Waals surface area contributed by atoms with E-state index < -0.39 is 0 Å². The molecule has 0 unspecified atom stereocenters. The second kappa shape index (κ2) is 8.54. The van der Waals surface area contributed by atoms with Crippen molar-refractivity contribution in [2.75, 3.05) is 13.1 Å². The van der Waals surface area contributed by atoms with Gasteiger partial charge in [0, 0.05) is 6.04 Å². The van der Waals surface area contributed by atoms with Crippen molar-refractivity contribution < 1.29 is 4.74 Å². The van der Waals surface area contributed by atoms with Crippen molar-refractivity contribution in [3.63, 3.8) is 0 Å². The van der Waals surface area contributed by atoms with Crippen LogP contribution in [-0.2, 0) is 4.74 Å². The normalized spacial score (nSPS) is 36.2. The summed E-state index contributed by atoms with van der Waals surface area (Å²) < 4.78 is 6.38. The molecular weight excluding hydrogens is 294 g/mol. The molecule has 1 saturated heterocycles. The van der Waals surface area contributed by atoms with Crippen molar-refractivity contribution in [2.45, 2.75) is 104 Å². The summed E-state index contributed by atoms with van der Waals surface area (Å²) >= 11 is 0. The first-order chi connectivity index (χ1) is 11.5. The van der Waals surface area contributed by atoms with Crippen LogP contribution < -0.4 is 0 Å². The van der Waals surface area contributed by atoms with Crippen molar-refractivity contribution >= 4 is 0 Å². The second-order valence-corrected chi connectivity index (χ2v) is 9.69. The molecule has 1 aliphatic heterocycles. The molecule has 24 heavy (non-hydrogen) atoms. The van der Waals surface area contributed by atoms with E-state index in [1.165, 1.54) is 70.9 Å². The van der Waals surface area contributed by atoms with Crippen molar-refractivity contribution in [2.24, 2.45) is 23.7 Å². The number of nitrogens with zero attached hydrogens (tertiary/aromatic N) is 1. The van der Waals surface area contributed by atoms with Crippen LogP contribution >= 0.6 is 0 Å². The van der Waals surface area contributed by atoms with E-state index in [9.17, 15) is 0 Å². The maximum atomic E-state index is 6.38. The van der Waals surface area contributed by atoms with E-state index in [0.717, 1.165) is 29.7 Å². The van der Waals surface area contributed by atoms with Crippen LogP contribution in [0.2, 0.25) is 0 Å². The smallest absolute Gasteiger partial charge is 0.0584 e. The van der Waals surface area contributed by atoms with Crippen LogP contribution in [0.3, 0.4) is 0 Å². The zero-order valence-electron chi connectivity index (χ0n) is 16.7. The van der Waals surface area contributed by atoms with E-state index in [1.807, 2.05) is 0 Å². The first kappa shape index (κ1) is 18.7. The quantitative estimate of drug-likeness (QED) is 0.635. The lowest BCUT2D eigenvalue weighted by Gasteiger charge is -2.41. The van der Waals surface area contributed by atoms with E-state index in [-0.39, 0.29) is 0 Å². The van der Waals surface area contributed by atoms with Gasteiger partial charge in [-0.05, 0) is 108 Å². The van der Waals surface area contributed by atoms with Gasteiger partial charge >= 0.3 is 0 Å². The van der Waals surface area contributed by atoms with Crippen LogP contribution in [0, 0.1) is 23.7 Å². The van der Waals surface area contributed by atoms with Gasteiger partial charge in [0.05, 0.1) is 12.2 Å². The van der Waals surface area contributed by atoms with Gasteiger partial charge in [-0.1, -0.05) is 13.8 Å². The first-order valence-corrected chi connectivity index (χ1v) is 10.9. The Morgan fingerprint density at radius 3 is 1.92 bits per heavy atom. The summed E-state index contributed by atoms with van der Waals surface area (Å²) in [5.74, 6) is 3.77. The zero-order chi connectivity index (χ0) is 17.1. The summed E-state index contributed by atoms with van der Waals surface area (Å²) in [4.78, 5) is 2.66. The van der Waals surface area contributed by atoms with Crippen molar-refractivity contribution in [3.8, 4) is 0 Å². The Labute approximate surface area is 150 Å². The Kier molecular flexibility index (Phi) is 6.65. The molecule has 0 aromatic carbocycles. The van der Waals surface area contributed by atoms with Crippen LogP contribution in [0.1, 0.15) is 85.5 Å². The van der Waals surface area contributed by atoms with Gasteiger partial charge in [0.1, 0.15) is 0 Å². The first-order valence-electron chi connectivity index (χ1n) is 10.9. The molecular formula is C22H41NO. The molecule has 0 aromatic rings. The molecule has 0 atom stereocenters. The number of hydrogen-bond donors (Lipinski definition) is 0. The molecule has 0 aromatic heterocycles. The van der Waals surface area contributed by atoms with Crippen molar-refractivity contribution in [1.82, 2.24) is 4.90 Å². The van der Waals surface area contributed by atoms with E-state index >= 15 is 0 Å². The number of likely N-dealkylation sites (tertiary alicyclic amines) is 1. The molecule has 0 spiro atoms. The molecule has 0 N–H and O–H groups in total. The fraction of sp³-hybridized carbons (Fsp3) is 1.00. The third-order valence-corrected chi connectivity index (χ3v) is 7.30. The van der Waals surface area contributed by atoms with E-state index in [2.05, 4.69) is 32.6 Å². The van der Waals surface area contributed by atoms with Crippen molar-refractivity contribution in [3.05, 3.63) is 0 Å². The van der Waals surface area contributed by atoms with Gasteiger partial charge in [0.25, 0.3) is 0 Å². The lowest BCUT2D eigenvalue weighted by molar-refractivity contribution is -0.0991. The van der Waals surface area contributed by atoms with Gasteiger partial charge < -0.3 is 9.64 Å². The van der Waals surface area contributed by atoms with Gasteiger partial charge in [-0.15, -0.1) is 0 Å². The molecule has 2 saturated carbocycles. The molecule has 0 amide bonds. The predicted octanol–water partition coefficient (Wildman–Crippen LogP) is 5.51. The molecule has 0 bridgehead atoms. The standard InChI is InChI=1S/C22H41NO/c1-16(2)20-14-22(15-20)24-21-7-5-18(6-8-21)13-19-9-11-23(12-10-19)17(3)4/h16-22H,5-15H2,1-4H3. The number of piperidine rings is 1. The largest absolute Gasteiger partial charge is 0.375 e. The van der Waals surface area contributed by atoms with Crippen LogP contribution in [0.15, 0.2) is 0 Å². The second-order valence-electron chi connectivity index (χ2n) is 9.69. The molecule has 1 heterocycles. The van der Waals surface area contributed by atoms with Gasteiger partial charge in [-0.2, -0.15) is 0 Å². The lowest BCUT2D eigenvalue weighted by atomic mass is 9.74. The minimum Gasteiger partial charge on any atom is -0.375 e. The fourth-order valence-corrected chi connectivity index (χ4v) is 5.21. The summed E-state index contributed by atoms with van der Waals surface area (Å²) in [6, 6.07) is 0.736. The highest BCUT2D eigenvalue weighted by molar-refractivity contribution is 4.85. The zero-order valence-corrected chi connectivity index (χ0v) is 16.7. The van der Waals surface area contributed by atoms with Crippen LogP contribution in [0.25, 0.3) is 0 Å². The minimum absolute atomic E-state index is 0.585. The highest BCUT2D eigenvalue weighted by atomic mass is 16.5. The summed E-state index contributed by atoms with van der Waals surface area (Å²) in [7, 11) is 0. The molecule has 3 rings (SSSR count). The summed E-state index contributed by atoms with van der Waals surface area (Å²) in [5, 5.41) is 0. The molecule has 0 radical (unpaired) electrons. The van der Waals surface area contributed by atoms with E-state index in [0.29, 0.717) is 12.2 Å². The highest BCUT2D eigenvalue weighted by Crippen LogP contribution is 2.39. The molecule has 140 valence electrons. The highest BCUT2D eigenvalue weighted by Gasteiger charge is 2.35. The third kappa shape index (κ3) is 4.97. The average molecular weight is 336 g/mol. The Morgan fingerprint density at radius 1 is 0.792 bits per heavy atom. The molecule has 2 nitrogen and oxygen atoms in total. The van der Waals surface area contributed by atoms with Gasteiger partial charge in [0.15, 0.2) is 0 Å². The Hall–Kier alpha value is -0.0800. The summed E-state index contributed by atoms with van der Waals surface area (Å²) in [6.45, 7) is 12.1. The lowest BCUT2D eigenvalue weighted by Crippen LogP contribution is -2.39. The minimum atomic E-state index is 0.585.